The number of nitrogens with zero attached hydrogens (tertiary/aromatic N) is 1. The quantitative estimate of drug-likeness (QED) is 0.880. The number of aryl methyl sites for hydroxylation is 2. The average Bonchev–Trinajstić information content (AvgIpc) is 3.27. The first-order valence-electron chi connectivity index (χ1n) is 7.01. The third kappa shape index (κ3) is 1.64. The second-order valence-corrected chi connectivity index (χ2v) is 6.14. The average molecular weight is 242 g/mol. The summed E-state index contributed by atoms with van der Waals surface area (Å²) in [6.45, 7) is 0.645. The predicted molar refractivity (Wildman–Crippen MR) is 67.9 cm³/mol. The highest BCUT2D eigenvalue weighted by molar-refractivity contribution is 5.83. The standard InChI is InChI=1S/C15H18N2O/c18-14(12-7-15(12)4-5-15)17-9-10-6-11-2-1-3-13(11)16-8-10/h6,8,12H,1-5,7,9H2,(H,17,18)/t12-/m1/s1. The second kappa shape index (κ2) is 3.56. The maximum atomic E-state index is 11.9. The molecule has 3 nitrogen and oxygen atoms in total. The predicted octanol–water partition coefficient (Wildman–Crippen LogP) is 1.99. The molecule has 3 aliphatic carbocycles. The van der Waals surface area contributed by atoms with Crippen LogP contribution in [-0.2, 0) is 24.2 Å². The molecule has 0 aliphatic heterocycles. The molecule has 0 radical (unpaired) electrons. The third-order valence-corrected chi connectivity index (χ3v) is 4.84. The van der Waals surface area contributed by atoms with Crippen molar-refractivity contribution in [2.75, 3.05) is 0 Å². The summed E-state index contributed by atoms with van der Waals surface area (Å²) < 4.78 is 0. The molecule has 0 aromatic carbocycles. The van der Waals surface area contributed by atoms with Crippen LogP contribution in [0.15, 0.2) is 12.3 Å². The molecule has 4 rings (SSSR count). The van der Waals surface area contributed by atoms with Crippen LogP contribution < -0.4 is 5.32 Å². The number of hydrogen-bond acceptors (Lipinski definition) is 2. The lowest BCUT2D eigenvalue weighted by molar-refractivity contribution is -0.122. The van der Waals surface area contributed by atoms with Crippen molar-refractivity contribution in [2.24, 2.45) is 11.3 Å². The molecule has 0 saturated heterocycles. The zero-order valence-corrected chi connectivity index (χ0v) is 10.5. The Morgan fingerprint density at radius 2 is 2.33 bits per heavy atom. The molecule has 1 amide bonds. The Bertz CT molecular complexity index is 519. The van der Waals surface area contributed by atoms with Gasteiger partial charge in [-0.05, 0) is 55.1 Å². The minimum atomic E-state index is 0.257. The fourth-order valence-corrected chi connectivity index (χ4v) is 3.32. The normalized spacial score (nSPS) is 25.9. The van der Waals surface area contributed by atoms with Gasteiger partial charge in [0.15, 0.2) is 0 Å². The molecule has 0 bridgehead atoms. The summed E-state index contributed by atoms with van der Waals surface area (Å²) in [5.74, 6) is 0.577. The van der Waals surface area contributed by atoms with E-state index in [1.807, 2.05) is 6.20 Å². The Labute approximate surface area is 107 Å². The van der Waals surface area contributed by atoms with Crippen LogP contribution in [0.2, 0.25) is 0 Å². The van der Waals surface area contributed by atoms with Crippen LogP contribution >= 0.6 is 0 Å². The van der Waals surface area contributed by atoms with E-state index in [4.69, 9.17) is 0 Å². The first-order chi connectivity index (χ1) is 8.77. The Morgan fingerprint density at radius 1 is 1.44 bits per heavy atom. The number of aromatic nitrogens is 1. The number of hydrogen-bond donors (Lipinski definition) is 1. The van der Waals surface area contributed by atoms with Crippen molar-refractivity contribution in [3.63, 3.8) is 0 Å². The molecule has 1 heterocycles. The molecule has 1 atom stereocenters. The Balaban J connectivity index is 1.38. The minimum absolute atomic E-state index is 0.257. The maximum absolute atomic E-state index is 11.9. The molecule has 18 heavy (non-hydrogen) atoms. The highest BCUT2D eigenvalue weighted by Gasteiger charge is 2.65. The highest BCUT2D eigenvalue weighted by Crippen LogP contribution is 2.70. The van der Waals surface area contributed by atoms with E-state index in [-0.39, 0.29) is 5.91 Å². The van der Waals surface area contributed by atoms with Crippen molar-refractivity contribution in [2.45, 2.75) is 45.1 Å². The second-order valence-electron chi connectivity index (χ2n) is 6.14. The summed E-state index contributed by atoms with van der Waals surface area (Å²) >= 11 is 0. The number of amides is 1. The lowest BCUT2D eigenvalue weighted by Crippen LogP contribution is -2.25. The van der Waals surface area contributed by atoms with Gasteiger partial charge in [0, 0.05) is 24.4 Å². The van der Waals surface area contributed by atoms with Crippen molar-refractivity contribution < 1.29 is 4.79 Å². The summed E-state index contributed by atoms with van der Waals surface area (Å²) in [6, 6.07) is 2.22. The summed E-state index contributed by atoms with van der Waals surface area (Å²) in [7, 11) is 0. The van der Waals surface area contributed by atoms with Gasteiger partial charge in [-0.2, -0.15) is 0 Å². The monoisotopic (exact) mass is 242 g/mol. The van der Waals surface area contributed by atoms with Gasteiger partial charge in [-0.25, -0.2) is 0 Å². The van der Waals surface area contributed by atoms with Crippen LogP contribution in [0.1, 0.15) is 42.5 Å². The Morgan fingerprint density at radius 3 is 3.11 bits per heavy atom. The first kappa shape index (κ1) is 10.5. The molecule has 2 saturated carbocycles. The lowest BCUT2D eigenvalue weighted by Gasteiger charge is -2.06. The van der Waals surface area contributed by atoms with E-state index in [9.17, 15) is 4.79 Å². The molecule has 2 fully saturated rings. The number of carbonyl (C=O) groups excluding carboxylic acids is 1. The molecule has 3 aliphatic rings. The number of nitrogens with one attached hydrogen (secondary N) is 1. The van der Waals surface area contributed by atoms with E-state index < -0.39 is 0 Å². The van der Waals surface area contributed by atoms with Gasteiger partial charge in [0.25, 0.3) is 0 Å². The number of fused-ring (bicyclic) bond motifs is 1. The Kier molecular flexibility index (Phi) is 2.08. The molecule has 1 aromatic rings. The SMILES string of the molecule is O=C(NCc1cnc2c(c1)CCC2)[C@H]1CC12CC2. The van der Waals surface area contributed by atoms with Crippen molar-refractivity contribution in [3.8, 4) is 0 Å². The van der Waals surface area contributed by atoms with E-state index in [0.717, 1.165) is 24.8 Å². The van der Waals surface area contributed by atoms with Gasteiger partial charge in [0.1, 0.15) is 0 Å². The fraction of sp³-hybridized carbons (Fsp3) is 0.600. The van der Waals surface area contributed by atoms with E-state index in [2.05, 4.69) is 16.4 Å². The van der Waals surface area contributed by atoms with Gasteiger partial charge in [-0.15, -0.1) is 0 Å². The Hall–Kier alpha value is -1.38. The molecule has 0 unspecified atom stereocenters. The van der Waals surface area contributed by atoms with E-state index >= 15 is 0 Å². The van der Waals surface area contributed by atoms with Crippen molar-refractivity contribution in [1.29, 1.82) is 0 Å². The van der Waals surface area contributed by atoms with E-state index in [1.54, 1.807) is 0 Å². The summed E-state index contributed by atoms with van der Waals surface area (Å²) in [5, 5.41) is 3.07. The molecular weight excluding hydrogens is 224 g/mol. The number of pyridine rings is 1. The van der Waals surface area contributed by atoms with Crippen LogP contribution in [-0.4, -0.2) is 10.9 Å². The van der Waals surface area contributed by atoms with Crippen molar-refractivity contribution in [1.82, 2.24) is 10.3 Å². The third-order valence-electron chi connectivity index (χ3n) is 4.84. The first-order valence-corrected chi connectivity index (χ1v) is 7.01. The largest absolute Gasteiger partial charge is 0.352 e. The van der Waals surface area contributed by atoms with Crippen LogP contribution in [0, 0.1) is 11.3 Å². The van der Waals surface area contributed by atoms with Gasteiger partial charge in [0.05, 0.1) is 0 Å². The lowest BCUT2D eigenvalue weighted by atomic mass is 10.1. The van der Waals surface area contributed by atoms with E-state index in [0.29, 0.717) is 17.9 Å². The van der Waals surface area contributed by atoms with Crippen LogP contribution in [0.4, 0.5) is 0 Å². The number of carbonyl (C=O) groups is 1. The van der Waals surface area contributed by atoms with Gasteiger partial charge in [-0.1, -0.05) is 6.07 Å². The van der Waals surface area contributed by atoms with Crippen molar-refractivity contribution >= 4 is 5.91 Å². The van der Waals surface area contributed by atoms with Gasteiger partial charge < -0.3 is 5.32 Å². The van der Waals surface area contributed by atoms with Crippen LogP contribution in [0.3, 0.4) is 0 Å². The van der Waals surface area contributed by atoms with Gasteiger partial charge >= 0.3 is 0 Å². The molecular formula is C15H18N2O. The highest BCUT2D eigenvalue weighted by atomic mass is 16.2. The summed E-state index contributed by atoms with van der Waals surface area (Å²) in [4.78, 5) is 16.4. The zero-order valence-electron chi connectivity index (χ0n) is 10.5. The fourth-order valence-electron chi connectivity index (χ4n) is 3.32. The molecule has 3 heteroatoms. The molecule has 94 valence electrons. The summed E-state index contributed by atoms with van der Waals surface area (Å²) in [6.07, 6.45) is 9.08. The number of rotatable bonds is 3. The van der Waals surface area contributed by atoms with Crippen LogP contribution in [0.25, 0.3) is 0 Å². The zero-order chi connectivity index (χ0) is 12.2. The maximum Gasteiger partial charge on any atom is 0.223 e. The van der Waals surface area contributed by atoms with Gasteiger partial charge in [-0.3, -0.25) is 9.78 Å². The molecule has 1 N–H and O–H groups in total. The molecule has 1 spiro atoms. The van der Waals surface area contributed by atoms with E-state index in [1.165, 1.54) is 30.5 Å². The molecule has 1 aromatic heterocycles. The smallest absolute Gasteiger partial charge is 0.223 e. The topological polar surface area (TPSA) is 42.0 Å². The minimum Gasteiger partial charge on any atom is -0.352 e. The van der Waals surface area contributed by atoms with Crippen molar-refractivity contribution in [3.05, 3.63) is 29.1 Å². The van der Waals surface area contributed by atoms with Crippen LogP contribution in [0.5, 0.6) is 0 Å². The van der Waals surface area contributed by atoms with Gasteiger partial charge in [0.2, 0.25) is 5.91 Å². The summed E-state index contributed by atoms with van der Waals surface area (Å²) in [5.41, 5.74) is 4.24.